The molecular formula is C54H42O6P4. The van der Waals surface area contributed by atoms with Crippen molar-refractivity contribution < 1.29 is 28.5 Å². The van der Waals surface area contributed by atoms with E-state index in [1.165, 1.54) is 0 Å². The number of hydrogen-bond donors (Lipinski definition) is 2. The minimum absolute atomic E-state index is 0.257. The standard InChI is InChI=1S/C54H42O6P4/c55-49-51(61(57,41-25-9-1-10-26-41)42-27-11-2-12-28-42)52(62(58,43-29-13-3-14-30-43)44-31-15-4-16-32-44)50(56)54(64(60,47-37-21-7-22-38-47)48-39-23-8-24-40-48)53(49)63(59,45-33-17-5-18-34-45)46-35-19-6-20-36-46/h1-40,55-56H. The Hall–Kier alpha value is -6.50. The van der Waals surface area contributed by atoms with Crippen LogP contribution in [0.25, 0.3) is 0 Å². The van der Waals surface area contributed by atoms with Crippen LogP contribution in [0.4, 0.5) is 0 Å². The molecule has 9 rings (SSSR count). The number of aromatic hydroxyl groups is 2. The summed E-state index contributed by atoms with van der Waals surface area (Å²) in [5, 5.41) is 28.6. The molecule has 0 aliphatic heterocycles. The molecule has 0 unspecified atom stereocenters. The Kier molecular flexibility index (Phi) is 11.8. The first kappa shape index (κ1) is 42.8. The summed E-state index contributed by atoms with van der Waals surface area (Å²) in [6.07, 6.45) is 0. The van der Waals surface area contributed by atoms with E-state index in [2.05, 4.69) is 0 Å². The van der Waals surface area contributed by atoms with Crippen molar-refractivity contribution in [2.75, 3.05) is 0 Å². The Balaban J connectivity index is 1.64. The van der Waals surface area contributed by atoms with Crippen LogP contribution >= 0.6 is 28.6 Å². The summed E-state index contributed by atoms with van der Waals surface area (Å²) in [5.41, 5.74) is 0. The van der Waals surface area contributed by atoms with Crippen molar-refractivity contribution in [3.8, 4) is 11.5 Å². The van der Waals surface area contributed by atoms with Gasteiger partial charge in [0, 0.05) is 42.4 Å². The molecule has 2 N–H and O–H groups in total. The highest BCUT2D eigenvalue weighted by Crippen LogP contribution is 2.58. The van der Waals surface area contributed by atoms with Crippen molar-refractivity contribution in [3.63, 3.8) is 0 Å². The first-order valence-corrected chi connectivity index (χ1v) is 27.5. The van der Waals surface area contributed by atoms with Crippen molar-refractivity contribution in [2.45, 2.75) is 0 Å². The van der Waals surface area contributed by atoms with Gasteiger partial charge in [-0.15, -0.1) is 0 Å². The molecule has 0 saturated heterocycles. The van der Waals surface area contributed by atoms with E-state index in [9.17, 15) is 10.2 Å². The van der Waals surface area contributed by atoms with Gasteiger partial charge < -0.3 is 28.5 Å². The number of hydrogen-bond acceptors (Lipinski definition) is 6. The maximum atomic E-state index is 17.2. The number of phenols is 2. The van der Waals surface area contributed by atoms with Crippen LogP contribution in [0, 0.1) is 0 Å². The number of rotatable bonds is 12. The van der Waals surface area contributed by atoms with Crippen LogP contribution < -0.4 is 63.7 Å². The zero-order chi connectivity index (χ0) is 44.4. The van der Waals surface area contributed by atoms with Crippen LogP contribution in [0.2, 0.25) is 0 Å². The third-order valence-corrected chi connectivity index (χ3v) is 24.4. The molecule has 0 aromatic heterocycles. The van der Waals surface area contributed by atoms with Crippen molar-refractivity contribution in [3.05, 3.63) is 243 Å². The molecule has 314 valence electrons. The van der Waals surface area contributed by atoms with Crippen molar-refractivity contribution in [1.29, 1.82) is 0 Å². The van der Waals surface area contributed by atoms with Gasteiger partial charge in [0.15, 0.2) is 28.6 Å². The lowest BCUT2D eigenvalue weighted by Crippen LogP contribution is -2.48. The molecule has 10 heteroatoms. The number of phenolic OH excluding ortho intramolecular Hbond substituents is 2. The molecule has 9 aromatic rings. The molecule has 0 bridgehead atoms. The largest absolute Gasteiger partial charge is 0.506 e. The molecule has 0 heterocycles. The van der Waals surface area contributed by atoms with Gasteiger partial charge in [0.05, 0.1) is 21.2 Å². The second kappa shape index (κ2) is 17.6. The fourth-order valence-electron chi connectivity index (χ4n) is 8.60. The van der Waals surface area contributed by atoms with E-state index < -0.39 is 40.1 Å². The van der Waals surface area contributed by atoms with Gasteiger partial charge >= 0.3 is 0 Å². The first-order valence-electron chi connectivity index (χ1n) is 20.6. The predicted molar refractivity (Wildman–Crippen MR) is 267 cm³/mol. The molecule has 6 nitrogen and oxygen atoms in total. The van der Waals surface area contributed by atoms with Gasteiger partial charge in [-0.1, -0.05) is 243 Å². The first-order chi connectivity index (χ1) is 31.2. The van der Waals surface area contributed by atoms with E-state index in [-0.39, 0.29) is 63.7 Å². The summed E-state index contributed by atoms with van der Waals surface area (Å²) < 4.78 is 68.9. The molecule has 0 spiro atoms. The summed E-state index contributed by atoms with van der Waals surface area (Å²) in [7, 11) is -18.0. The zero-order valence-electron chi connectivity index (χ0n) is 34.4. The van der Waals surface area contributed by atoms with Crippen molar-refractivity contribution >= 4 is 92.2 Å². The minimum Gasteiger partial charge on any atom is -0.506 e. The molecule has 0 aliphatic carbocycles. The van der Waals surface area contributed by atoms with Crippen LogP contribution in [0.1, 0.15) is 0 Å². The summed E-state index contributed by atoms with van der Waals surface area (Å²) in [6, 6.07) is 68.6. The van der Waals surface area contributed by atoms with Gasteiger partial charge in [-0.05, 0) is 0 Å². The second-order valence-electron chi connectivity index (χ2n) is 15.2. The quantitative estimate of drug-likeness (QED) is 0.0964. The van der Waals surface area contributed by atoms with E-state index in [0.717, 1.165) is 0 Å². The second-order valence-corrected chi connectivity index (χ2v) is 26.0. The maximum Gasteiger partial charge on any atom is 0.175 e. The van der Waals surface area contributed by atoms with E-state index in [1.54, 1.807) is 243 Å². The molecule has 0 atom stereocenters. The van der Waals surface area contributed by atoms with E-state index in [0.29, 0.717) is 0 Å². The Morgan fingerprint density at radius 1 is 0.203 bits per heavy atom. The lowest BCUT2D eigenvalue weighted by atomic mass is 10.3. The van der Waals surface area contributed by atoms with Gasteiger partial charge in [-0.25, -0.2) is 0 Å². The summed E-state index contributed by atoms with van der Waals surface area (Å²) >= 11 is 0. The molecule has 64 heavy (non-hydrogen) atoms. The van der Waals surface area contributed by atoms with Gasteiger partial charge in [-0.2, -0.15) is 0 Å². The topological polar surface area (TPSA) is 109 Å². The van der Waals surface area contributed by atoms with E-state index >= 15 is 18.3 Å². The highest BCUT2D eigenvalue weighted by molar-refractivity contribution is 7.93. The Labute approximate surface area is 373 Å². The van der Waals surface area contributed by atoms with Crippen molar-refractivity contribution in [2.24, 2.45) is 0 Å². The highest BCUT2D eigenvalue weighted by atomic mass is 31.2. The third kappa shape index (κ3) is 7.00. The van der Waals surface area contributed by atoms with Crippen LogP contribution in [0.5, 0.6) is 11.5 Å². The minimum atomic E-state index is -4.50. The summed E-state index contributed by atoms with van der Waals surface area (Å²) in [6.45, 7) is 0. The Bertz CT molecular complexity index is 2650. The average molecular weight is 911 g/mol. The molecular weight excluding hydrogens is 868 g/mol. The van der Waals surface area contributed by atoms with Crippen molar-refractivity contribution in [1.82, 2.24) is 0 Å². The fourth-order valence-corrected chi connectivity index (χ4v) is 21.7. The van der Waals surface area contributed by atoms with Gasteiger partial charge in [0.2, 0.25) is 0 Å². The normalized spacial score (nSPS) is 12.1. The van der Waals surface area contributed by atoms with Crippen LogP contribution in [0.15, 0.2) is 243 Å². The van der Waals surface area contributed by atoms with E-state index in [4.69, 9.17) is 0 Å². The molecule has 0 saturated carbocycles. The number of benzene rings is 9. The van der Waals surface area contributed by atoms with Gasteiger partial charge in [0.25, 0.3) is 0 Å². The predicted octanol–water partition coefficient (Wildman–Crippen LogP) is 7.66. The summed E-state index contributed by atoms with van der Waals surface area (Å²) in [4.78, 5) is 0. The molecule has 0 amide bonds. The van der Waals surface area contributed by atoms with E-state index in [1.807, 2.05) is 0 Å². The fraction of sp³-hybridized carbons (Fsp3) is 0. The Morgan fingerprint density at radius 3 is 0.422 bits per heavy atom. The average Bonchev–Trinajstić information content (AvgIpc) is 3.38. The van der Waals surface area contributed by atoms with Gasteiger partial charge in [0.1, 0.15) is 11.5 Å². The molecule has 9 aromatic carbocycles. The zero-order valence-corrected chi connectivity index (χ0v) is 38.0. The lowest BCUT2D eigenvalue weighted by molar-refractivity contribution is 0.472. The molecule has 0 radical (unpaired) electrons. The Morgan fingerprint density at radius 2 is 0.312 bits per heavy atom. The maximum absolute atomic E-state index is 17.2. The SMILES string of the molecule is O=P(c1ccccc1)(c1ccccc1)c1c(O)c(P(=O)(c2ccccc2)c2ccccc2)c(P(=O)(c2ccccc2)c2ccccc2)c(O)c1P(=O)(c1ccccc1)c1ccccc1. The summed E-state index contributed by atoms with van der Waals surface area (Å²) in [5.74, 6) is -1.48. The lowest BCUT2D eigenvalue weighted by Gasteiger charge is -2.35. The van der Waals surface area contributed by atoms with Crippen LogP contribution in [0.3, 0.4) is 0 Å². The highest BCUT2D eigenvalue weighted by Gasteiger charge is 2.52. The van der Waals surface area contributed by atoms with Gasteiger partial charge in [-0.3, -0.25) is 0 Å². The van der Waals surface area contributed by atoms with Crippen LogP contribution in [-0.2, 0) is 18.3 Å². The smallest absolute Gasteiger partial charge is 0.175 e. The monoisotopic (exact) mass is 910 g/mol. The molecule has 0 fully saturated rings. The van der Waals surface area contributed by atoms with Crippen LogP contribution in [-0.4, -0.2) is 10.2 Å². The molecule has 0 aliphatic rings. The third-order valence-electron chi connectivity index (χ3n) is 11.6.